The normalized spacial score (nSPS) is 23.3. The van der Waals surface area contributed by atoms with Gasteiger partial charge in [-0.2, -0.15) is 5.11 Å². The van der Waals surface area contributed by atoms with Crippen LogP contribution in [0.15, 0.2) is 71.0 Å². The lowest BCUT2D eigenvalue weighted by atomic mass is 10.1. The number of nitrogens with zero attached hydrogens (tertiary/aromatic N) is 4. The molecule has 6 nitrogen and oxygen atoms in total. The summed E-state index contributed by atoms with van der Waals surface area (Å²) in [7, 11) is 0. The van der Waals surface area contributed by atoms with Gasteiger partial charge in [-0.25, -0.2) is 9.91 Å². The van der Waals surface area contributed by atoms with E-state index in [0.717, 1.165) is 5.69 Å². The van der Waals surface area contributed by atoms with Gasteiger partial charge in [-0.05, 0) is 24.3 Å². The standard InChI is InChI=1S/C16H12N4O2/c21-15-13-14(16(22)19(15)11-7-3-1-4-8-11)20(18-17-13)12-9-5-2-6-10-12/h1-10,13-14H/t13-,14-/m0/s1. The van der Waals surface area contributed by atoms with E-state index < -0.39 is 12.1 Å². The van der Waals surface area contributed by atoms with Gasteiger partial charge >= 0.3 is 0 Å². The molecule has 1 saturated heterocycles. The zero-order valence-electron chi connectivity index (χ0n) is 11.5. The van der Waals surface area contributed by atoms with Crippen LogP contribution >= 0.6 is 0 Å². The van der Waals surface area contributed by atoms with Gasteiger partial charge < -0.3 is 0 Å². The van der Waals surface area contributed by atoms with Gasteiger partial charge in [0.25, 0.3) is 11.8 Å². The first kappa shape index (κ1) is 12.7. The fraction of sp³-hybridized carbons (Fsp3) is 0.125. The number of benzene rings is 2. The summed E-state index contributed by atoms with van der Waals surface area (Å²) in [4.78, 5) is 26.4. The number of carbonyl (C=O) groups is 2. The molecule has 0 aliphatic carbocycles. The van der Waals surface area contributed by atoms with E-state index in [-0.39, 0.29) is 11.8 Å². The van der Waals surface area contributed by atoms with Crippen molar-refractivity contribution in [3.8, 4) is 0 Å². The molecule has 2 amide bonds. The molecule has 2 aromatic carbocycles. The number of fused-ring (bicyclic) bond motifs is 1. The summed E-state index contributed by atoms with van der Waals surface area (Å²) in [5.74, 6) is -0.626. The second-order valence-corrected chi connectivity index (χ2v) is 5.12. The maximum absolute atomic E-state index is 12.7. The van der Waals surface area contributed by atoms with E-state index in [1.165, 1.54) is 9.91 Å². The lowest BCUT2D eigenvalue weighted by molar-refractivity contribution is -0.121. The summed E-state index contributed by atoms with van der Waals surface area (Å²) in [5, 5.41) is 9.53. The quantitative estimate of drug-likeness (QED) is 0.797. The van der Waals surface area contributed by atoms with Gasteiger partial charge in [0.15, 0.2) is 12.1 Å². The molecule has 0 saturated carbocycles. The van der Waals surface area contributed by atoms with E-state index in [1.54, 1.807) is 24.3 Å². The zero-order valence-corrected chi connectivity index (χ0v) is 11.5. The van der Waals surface area contributed by atoms with Crippen molar-refractivity contribution >= 4 is 23.2 Å². The summed E-state index contributed by atoms with van der Waals surface area (Å²) in [6.07, 6.45) is 0. The molecular formula is C16H12N4O2. The molecule has 0 bridgehead atoms. The average molecular weight is 292 g/mol. The molecule has 0 unspecified atom stereocenters. The van der Waals surface area contributed by atoms with Gasteiger partial charge in [0.1, 0.15) is 0 Å². The summed E-state index contributed by atoms with van der Waals surface area (Å²) < 4.78 is 0. The molecule has 0 aromatic heterocycles. The Morgan fingerprint density at radius 2 is 1.36 bits per heavy atom. The van der Waals surface area contributed by atoms with E-state index in [2.05, 4.69) is 10.3 Å². The lowest BCUT2D eigenvalue weighted by Crippen LogP contribution is -2.39. The van der Waals surface area contributed by atoms with Crippen LogP contribution in [0.1, 0.15) is 0 Å². The fourth-order valence-electron chi connectivity index (χ4n) is 2.79. The third kappa shape index (κ3) is 1.74. The molecule has 4 rings (SSSR count). The van der Waals surface area contributed by atoms with Crippen molar-refractivity contribution in [3.05, 3.63) is 60.7 Å². The molecule has 2 heterocycles. The van der Waals surface area contributed by atoms with Gasteiger partial charge in [-0.15, -0.1) is 0 Å². The highest BCUT2D eigenvalue weighted by molar-refractivity contribution is 6.26. The molecule has 6 heteroatoms. The van der Waals surface area contributed by atoms with Crippen LogP contribution in [0.25, 0.3) is 0 Å². The number of hydrogen-bond acceptors (Lipinski definition) is 5. The third-order valence-corrected chi connectivity index (χ3v) is 3.82. The van der Waals surface area contributed by atoms with Gasteiger partial charge in [-0.1, -0.05) is 41.6 Å². The minimum Gasteiger partial charge on any atom is -0.271 e. The molecule has 0 spiro atoms. The van der Waals surface area contributed by atoms with Crippen LogP contribution in [0.4, 0.5) is 11.4 Å². The Balaban J connectivity index is 1.72. The number of imide groups is 1. The first-order valence-electron chi connectivity index (χ1n) is 6.95. The van der Waals surface area contributed by atoms with E-state index in [9.17, 15) is 9.59 Å². The van der Waals surface area contributed by atoms with Crippen LogP contribution in [-0.2, 0) is 9.59 Å². The summed E-state index contributed by atoms with van der Waals surface area (Å²) >= 11 is 0. The Bertz CT molecular complexity index is 760. The molecular weight excluding hydrogens is 280 g/mol. The first-order valence-corrected chi connectivity index (χ1v) is 6.95. The Labute approximate surface area is 126 Å². The number of amides is 2. The molecule has 0 N–H and O–H groups in total. The predicted octanol–water partition coefficient (Wildman–Crippen LogP) is 2.18. The number of rotatable bonds is 2. The summed E-state index contributed by atoms with van der Waals surface area (Å²) in [6.45, 7) is 0. The van der Waals surface area contributed by atoms with Crippen molar-refractivity contribution in [1.29, 1.82) is 0 Å². The number of para-hydroxylation sites is 2. The topological polar surface area (TPSA) is 65.3 Å². The van der Waals surface area contributed by atoms with Crippen molar-refractivity contribution in [2.24, 2.45) is 10.3 Å². The highest BCUT2D eigenvalue weighted by Gasteiger charge is 2.55. The average Bonchev–Trinajstić information content (AvgIpc) is 3.10. The van der Waals surface area contributed by atoms with Crippen molar-refractivity contribution in [2.45, 2.75) is 12.1 Å². The smallest absolute Gasteiger partial charge is 0.263 e. The maximum atomic E-state index is 12.7. The minimum absolute atomic E-state index is 0.296. The molecule has 108 valence electrons. The largest absolute Gasteiger partial charge is 0.271 e. The molecule has 1 fully saturated rings. The molecule has 0 radical (unpaired) electrons. The fourth-order valence-corrected chi connectivity index (χ4v) is 2.79. The predicted molar refractivity (Wildman–Crippen MR) is 80.3 cm³/mol. The van der Waals surface area contributed by atoms with Crippen LogP contribution < -0.4 is 9.91 Å². The Hall–Kier alpha value is -3.02. The van der Waals surface area contributed by atoms with E-state index in [0.29, 0.717) is 5.69 Å². The number of hydrogen-bond donors (Lipinski definition) is 0. The first-order chi connectivity index (χ1) is 10.8. The van der Waals surface area contributed by atoms with Crippen LogP contribution in [0.2, 0.25) is 0 Å². The van der Waals surface area contributed by atoms with E-state index >= 15 is 0 Å². The van der Waals surface area contributed by atoms with Crippen LogP contribution in [0.3, 0.4) is 0 Å². The second-order valence-electron chi connectivity index (χ2n) is 5.12. The highest BCUT2D eigenvalue weighted by Crippen LogP contribution is 2.34. The Morgan fingerprint density at radius 3 is 2.00 bits per heavy atom. The van der Waals surface area contributed by atoms with Gasteiger partial charge in [0, 0.05) is 0 Å². The molecule has 2 atom stereocenters. The molecule has 2 aliphatic rings. The Morgan fingerprint density at radius 1 is 0.773 bits per heavy atom. The summed E-state index contributed by atoms with van der Waals surface area (Å²) in [5.41, 5.74) is 1.31. The van der Waals surface area contributed by atoms with Crippen LogP contribution in [0, 0.1) is 0 Å². The van der Waals surface area contributed by atoms with Crippen molar-refractivity contribution in [2.75, 3.05) is 9.91 Å². The van der Waals surface area contributed by atoms with Gasteiger partial charge in [0.05, 0.1) is 11.4 Å². The zero-order chi connectivity index (χ0) is 15.1. The van der Waals surface area contributed by atoms with Crippen molar-refractivity contribution in [1.82, 2.24) is 0 Å². The van der Waals surface area contributed by atoms with Crippen molar-refractivity contribution < 1.29 is 9.59 Å². The number of anilines is 2. The number of carbonyl (C=O) groups excluding carboxylic acids is 2. The van der Waals surface area contributed by atoms with Gasteiger partial charge in [-0.3, -0.25) is 9.59 Å². The molecule has 22 heavy (non-hydrogen) atoms. The minimum atomic E-state index is -0.770. The van der Waals surface area contributed by atoms with Crippen LogP contribution in [0.5, 0.6) is 0 Å². The van der Waals surface area contributed by atoms with E-state index in [1.807, 2.05) is 36.4 Å². The lowest BCUT2D eigenvalue weighted by Gasteiger charge is -2.20. The molecule has 2 aromatic rings. The highest BCUT2D eigenvalue weighted by atomic mass is 16.2. The molecule has 2 aliphatic heterocycles. The summed E-state index contributed by atoms with van der Waals surface area (Å²) in [6, 6.07) is 16.7. The SMILES string of the molecule is O=C1[C@H]2N=NN(c3ccccc3)[C@@H]2C(=O)N1c1ccccc1. The maximum Gasteiger partial charge on any atom is 0.263 e. The second kappa shape index (κ2) is 4.77. The van der Waals surface area contributed by atoms with Crippen LogP contribution in [-0.4, -0.2) is 23.9 Å². The Kier molecular flexibility index (Phi) is 2.75. The van der Waals surface area contributed by atoms with Crippen molar-refractivity contribution in [3.63, 3.8) is 0 Å². The monoisotopic (exact) mass is 292 g/mol. The van der Waals surface area contributed by atoms with Gasteiger partial charge in [0.2, 0.25) is 0 Å². The van der Waals surface area contributed by atoms with E-state index in [4.69, 9.17) is 0 Å². The third-order valence-electron chi connectivity index (χ3n) is 3.82.